The summed E-state index contributed by atoms with van der Waals surface area (Å²) in [4.78, 5) is 12.3. The van der Waals surface area contributed by atoms with E-state index in [0.717, 1.165) is 5.56 Å². The van der Waals surface area contributed by atoms with Crippen LogP contribution < -0.4 is 5.32 Å². The van der Waals surface area contributed by atoms with Gasteiger partial charge in [0.2, 0.25) is 0 Å². The maximum atomic E-state index is 13.6. The molecular weight excluding hydrogens is 329 g/mol. The van der Waals surface area contributed by atoms with Gasteiger partial charge < -0.3 is 5.32 Å². The van der Waals surface area contributed by atoms with E-state index in [1.54, 1.807) is 53.5 Å². The van der Waals surface area contributed by atoms with Crippen LogP contribution in [0.25, 0.3) is 0 Å². The number of benzene rings is 2. The maximum Gasteiger partial charge on any atom is 0.251 e. The van der Waals surface area contributed by atoms with Crippen molar-refractivity contribution >= 4 is 17.5 Å². The number of nitrogens with one attached hydrogen (secondary N) is 1. The number of hydrogen-bond acceptors (Lipinski definition) is 2. The first-order valence-electron chi connectivity index (χ1n) is 7.40. The molecule has 0 saturated carbocycles. The fraction of sp³-hybridized carbons (Fsp3) is 0.111. The Hall–Kier alpha value is -2.66. The zero-order valence-corrected chi connectivity index (χ0v) is 13.5. The molecule has 0 spiro atoms. The minimum absolute atomic E-state index is 0.143. The highest BCUT2D eigenvalue weighted by Crippen LogP contribution is 2.11. The van der Waals surface area contributed by atoms with E-state index in [2.05, 4.69) is 10.4 Å². The summed E-state index contributed by atoms with van der Waals surface area (Å²) in [5.74, 6) is -0.583. The van der Waals surface area contributed by atoms with Crippen molar-refractivity contribution in [3.8, 4) is 0 Å². The van der Waals surface area contributed by atoms with Crippen molar-refractivity contribution < 1.29 is 9.18 Å². The molecule has 122 valence electrons. The van der Waals surface area contributed by atoms with Crippen LogP contribution in [0.3, 0.4) is 0 Å². The summed E-state index contributed by atoms with van der Waals surface area (Å²) < 4.78 is 15.3. The Kier molecular flexibility index (Phi) is 4.91. The van der Waals surface area contributed by atoms with Crippen molar-refractivity contribution in [3.63, 3.8) is 0 Å². The summed E-state index contributed by atoms with van der Waals surface area (Å²) >= 11 is 5.84. The second kappa shape index (κ2) is 7.27. The Morgan fingerprint density at radius 3 is 2.79 bits per heavy atom. The molecule has 0 saturated heterocycles. The number of halogens is 2. The lowest BCUT2D eigenvalue weighted by Gasteiger charge is -2.08. The van der Waals surface area contributed by atoms with Gasteiger partial charge in [-0.3, -0.25) is 9.48 Å². The smallest absolute Gasteiger partial charge is 0.251 e. The highest BCUT2D eigenvalue weighted by molar-refractivity contribution is 6.30. The van der Waals surface area contributed by atoms with Crippen LogP contribution in [0.2, 0.25) is 5.02 Å². The number of hydrogen-bond donors (Lipinski definition) is 1. The normalized spacial score (nSPS) is 10.6. The van der Waals surface area contributed by atoms with Crippen LogP contribution in [0.1, 0.15) is 21.5 Å². The van der Waals surface area contributed by atoms with Crippen LogP contribution >= 0.6 is 11.6 Å². The molecule has 1 heterocycles. The van der Waals surface area contributed by atoms with Crippen LogP contribution in [-0.2, 0) is 13.1 Å². The molecule has 0 aliphatic heterocycles. The summed E-state index contributed by atoms with van der Waals surface area (Å²) in [7, 11) is 0. The molecule has 2 aromatic carbocycles. The average Bonchev–Trinajstić information content (AvgIpc) is 2.99. The van der Waals surface area contributed by atoms with Crippen molar-refractivity contribution in [3.05, 3.63) is 88.5 Å². The Morgan fingerprint density at radius 1 is 1.21 bits per heavy atom. The van der Waals surface area contributed by atoms with E-state index < -0.39 is 0 Å². The maximum absolute atomic E-state index is 13.6. The third kappa shape index (κ3) is 4.00. The quantitative estimate of drug-likeness (QED) is 0.768. The van der Waals surface area contributed by atoms with Gasteiger partial charge in [0.05, 0.1) is 17.8 Å². The zero-order valence-electron chi connectivity index (χ0n) is 12.7. The standard InChI is InChI=1S/C18H15ClFN3O/c19-16-10-22-23(12-16)11-13-4-3-6-14(8-13)18(24)21-9-15-5-1-2-7-17(15)20/h1-8,10,12H,9,11H2,(H,21,24). The van der Waals surface area contributed by atoms with E-state index in [1.807, 2.05) is 6.07 Å². The monoisotopic (exact) mass is 343 g/mol. The van der Waals surface area contributed by atoms with Crippen molar-refractivity contribution in [2.24, 2.45) is 0 Å². The molecular formula is C18H15ClFN3O. The number of rotatable bonds is 5. The van der Waals surface area contributed by atoms with Crippen LogP contribution in [-0.4, -0.2) is 15.7 Å². The molecule has 0 unspecified atom stereocenters. The average molecular weight is 344 g/mol. The van der Waals surface area contributed by atoms with E-state index >= 15 is 0 Å². The number of carbonyl (C=O) groups is 1. The molecule has 0 fully saturated rings. The molecule has 0 atom stereocenters. The second-order valence-corrected chi connectivity index (χ2v) is 5.77. The van der Waals surface area contributed by atoms with Crippen LogP contribution in [0, 0.1) is 5.82 Å². The van der Waals surface area contributed by atoms with Gasteiger partial charge in [-0.05, 0) is 23.8 Å². The third-order valence-corrected chi connectivity index (χ3v) is 3.73. The summed E-state index contributed by atoms with van der Waals surface area (Å²) in [5.41, 5.74) is 1.89. The first-order chi connectivity index (χ1) is 11.6. The second-order valence-electron chi connectivity index (χ2n) is 5.33. The molecule has 0 aliphatic rings. The van der Waals surface area contributed by atoms with E-state index in [9.17, 15) is 9.18 Å². The summed E-state index contributed by atoms with van der Waals surface area (Å²) in [6.07, 6.45) is 3.28. The van der Waals surface area contributed by atoms with Crippen LogP contribution in [0.4, 0.5) is 4.39 Å². The number of amides is 1. The van der Waals surface area contributed by atoms with Gasteiger partial charge in [0.1, 0.15) is 5.82 Å². The third-order valence-electron chi connectivity index (χ3n) is 3.53. The SMILES string of the molecule is O=C(NCc1ccccc1F)c1cccc(Cn2cc(Cl)cn2)c1. The Bertz CT molecular complexity index is 863. The molecule has 6 heteroatoms. The van der Waals surface area contributed by atoms with Gasteiger partial charge in [0, 0.05) is 23.9 Å². The van der Waals surface area contributed by atoms with Gasteiger partial charge in [-0.25, -0.2) is 4.39 Å². The van der Waals surface area contributed by atoms with Gasteiger partial charge >= 0.3 is 0 Å². The molecule has 0 bridgehead atoms. The summed E-state index contributed by atoms with van der Waals surface area (Å²) in [5, 5.41) is 7.41. The zero-order chi connectivity index (χ0) is 16.9. The number of carbonyl (C=O) groups excluding carboxylic acids is 1. The van der Waals surface area contributed by atoms with Gasteiger partial charge in [0.25, 0.3) is 5.91 Å². The van der Waals surface area contributed by atoms with E-state index in [4.69, 9.17) is 11.6 Å². The fourth-order valence-electron chi connectivity index (χ4n) is 2.34. The van der Waals surface area contributed by atoms with Crippen molar-refractivity contribution in [1.29, 1.82) is 0 Å². The largest absolute Gasteiger partial charge is 0.348 e. The molecule has 24 heavy (non-hydrogen) atoms. The fourth-order valence-corrected chi connectivity index (χ4v) is 2.50. The lowest BCUT2D eigenvalue weighted by molar-refractivity contribution is 0.0950. The molecule has 0 aliphatic carbocycles. The van der Waals surface area contributed by atoms with Crippen molar-refractivity contribution in [1.82, 2.24) is 15.1 Å². The molecule has 3 rings (SSSR count). The molecule has 3 aromatic rings. The minimum atomic E-state index is -0.331. The van der Waals surface area contributed by atoms with Crippen molar-refractivity contribution in [2.45, 2.75) is 13.1 Å². The Balaban J connectivity index is 1.67. The van der Waals surface area contributed by atoms with Crippen LogP contribution in [0.15, 0.2) is 60.9 Å². The lowest BCUT2D eigenvalue weighted by Crippen LogP contribution is -2.23. The Labute approximate surface area is 143 Å². The highest BCUT2D eigenvalue weighted by atomic mass is 35.5. The summed E-state index contributed by atoms with van der Waals surface area (Å²) in [6, 6.07) is 13.6. The minimum Gasteiger partial charge on any atom is -0.348 e. The van der Waals surface area contributed by atoms with Gasteiger partial charge in [-0.1, -0.05) is 41.9 Å². The highest BCUT2D eigenvalue weighted by Gasteiger charge is 2.08. The number of nitrogens with zero attached hydrogens (tertiary/aromatic N) is 2. The topological polar surface area (TPSA) is 46.9 Å². The van der Waals surface area contributed by atoms with E-state index in [0.29, 0.717) is 22.7 Å². The lowest BCUT2D eigenvalue weighted by atomic mass is 10.1. The van der Waals surface area contributed by atoms with E-state index in [1.165, 1.54) is 6.07 Å². The molecule has 1 amide bonds. The first kappa shape index (κ1) is 16.2. The first-order valence-corrected chi connectivity index (χ1v) is 7.78. The summed E-state index contributed by atoms with van der Waals surface area (Å²) in [6.45, 7) is 0.658. The molecule has 4 nitrogen and oxygen atoms in total. The van der Waals surface area contributed by atoms with Gasteiger partial charge in [0.15, 0.2) is 0 Å². The predicted molar refractivity (Wildman–Crippen MR) is 90.4 cm³/mol. The van der Waals surface area contributed by atoms with Crippen molar-refractivity contribution in [2.75, 3.05) is 0 Å². The van der Waals surface area contributed by atoms with E-state index in [-0.39, 0.29) is 18.3 Å². The molecule has 0 radical (unpaired) electrons. The molecule has 1 aromatic heterocycles. The predicted octanol–water partition coefficient (Wildman–Crippen LogP) is 3.65. The van der Waals surface area contributed by atoms with Gasteiger partial charge in [-0.2, -0.15) is 5.10 Å². The number of aromatic nitrogens is 2. The van der Waals surface area contributed by atoms with Gasteiger partial charge in [-0.15, -0.1) is 0 Å². The van der Waals surface area contributed by atoms with Crippen LogP contribution in [0.5, 0.6) is 0 Å². The Morgan fingerprint density at radius 2 is 2.04 bits per heavy atom. The molecule has 1 N–H and O–H groups in total.